The summed E-state index contributed by atoms with van der Waals surface area (Å²) in [5.41, 5.74) is 0. The first-order valence-electron chi connectivity index (χ1n) is 9.15. The predicted octanol–water partition coefficient (Wildman–Crippen LogP) is 2.14. The van der Waals surface area contributed by atoms with Crippen molar-refractivity contribution in [3.8, 4) is 0 Å². The lowest BCUT2D eigenvalue weighted by Gasteiger charge is -2.32. The van der Waals surface area contributed by atoms with E-state index in [0.717, 1.165) is 25.6 Å². The van der Waals surface area contributed by atoms with Gasteiger partial charge in [-0.1, -0.05) is 0 Å². The van der Waals surface area contributed by atoms with Crippen molar-refractivity contribution in [1.82, 2.24) is 20.4 Å². The number of hydrogen-bond donors (Lipinski definition) is 2. The van der Waals surface area contributed by atoms with Gasteiger partial charge in [0.25, 0.3) is 0 Å². The number of unbranched alkanes of at least 4 members (excludes halogenated alkanes) is 1. The molecule has 0 spiro atoms. The van der Waals surface area contributed by atoms with E-state index in [9.17, 15) is 0 Å². The van der Waals surface area contributed by atoms with Gasteiger partial charge in [0, 0.05) is 49.0 Å². The van der Waals surface area contributed by atoms with E-state index in [-0.39, 0.29) is 0 Å². The monoisotopic (exact) mass is 351 g/mol. The van der Waals surface area contributed by atoms with Crippen LogP contribution in [-0.2, 0) is 6.54 Å². The maximum Gasteiger partial charge on any atom is 0.191 e. The minimum Gasteiger partial charge on any atom is -0.357 e. The van der Waals surface area contributed by atoms with Crippen LogP contribution in [0.1, 0.15) is 29.5 Å². The molecule has 2 N–H and O–H groups in total. The quantitative estimate of drug-likeness (QED) is 0.428. The Labute approximate surface area is 151 Å². The summed E-state index contributed by atoms with van der Waals surface area (Å²) >= 11 is 1.82. The highest BCUT2D eigenvalue weighted by molar-refractivity contribution is 7.11. The molecule has 1 aromatic rings. The number of thiophene rings is 1. The predicted molar refractivity (Wildman–Crippen MR) is 105 cm³/mol. The lowest BCUT2D eigenvalue weighted by Crippen LogP contribution is -2.44. The standard InChI is InChI=1S/C18H33N5S/c1-4-19-18(21-15-17-8-7-16(2)24-17)20-9-5-6-10-23-13-11-22(3)12-14-23/h7-8H,4-6,9-15H2,1-3H3,(H2,19,20,21). The summed E-state index contributed by atoms with van der Waals surface area (Å²) in [6.45, 7) is 13.0. The number of nitrogens with zero attached hydrogens (tertiary/aromatic N) is 3. The average molecular weight is 352 g/mol. The van der Waals surface area contributed by atoms with Gasteiger partial charge >= 0.3 is 0 Å². The Hall–Kier alpha value is -1.11. The fourth-order valence-corrected chi connectivity index (χ4v) is 3.62. The molecule has 24 heavy (non-hydrogen) atoms. The summed E-state index contributed by atoms with van der Waals surface area (Å²) in [7, 11) is 2.21. The van der Waals surface area contributed by atoms with Crippen LogP contribution in [0.5, 0.6) is 0 Å². The molecule has 0 aromatic carbocycles. The van der Waals surface area contributed by atoms with Crippen molar-refractivity contribution in [2.45, 2.75) is 33.2 Å². The van der Waals surface area contributed by atoms with Gasteiger partial charge in [0.2, 0.25) is 0 Å². The fraction of sp³-hybridized carbons (Fsp3) is 0.722. The lowest BCUT2D eigenvalue weighted by molar-refractivity contribution is 0.152. The van der Waals surface area contributed by atoms with Crippen molar-refractivity contribution in [3.63, 3.8) is 0 Å². The molecule has 1 aromatic heterocycles. The van der Waals surface area contributed by atoms with Crippen LogP contribution in [-0.4, -0.2) is 68.6 Å². The third-order valence-corrected chi connectivity index (χ3v) is 5.31. The minimum absolute atomic E-state index is 0.759. The molecule has 0 bridgehead atoms. The molecule has 5 nitrogen and oxygen atoms in total. The van der Waals surface area contributed by atoms with Gasteiger partial charge in [-0.3, -0.25) is 0 Å². The first-order valence-corrected chi connectivity index (χ1v) is 9.97. The molecular weight excluding hydrogens is 318 g/mol. The number of hydrogen-bond acceptors (Lipinski definition) is 4. The van der Waals surface area contributed by atoms with E-state index < -0.39 is 0 Å². The highest BCUT2D eigenvalue weighted by atomic mass is 32.1. The van der Waals surface area contributed by atoms with Crippen LogP contribution < -0.4 is 10.6 Å². The maximum atomic E-state index is 4.68. The Bertz CT molecular complexity index is 491. The molecular formula is C18H33N5S. The summed E-state index contributed by atoms with van der Waals surface area (Å²) < 4.78 is 0. The van der Waals surface area contributed by atoms with E-state index in [1.54, 1.807) is 0 Å². The molecule has 6 heteroatoms. The summed E-state index contributed by atoms with van der Waals surface area (Å²) in [5, 5.41) is 6.79. The van der Waals surface area contributed by atoms with Crippen LogP contribution in [0.4, 0.5) is 0 Å². The van der Waals surface area contributed by atoms with E-state index in [4.69, 9.17) is 0 Å². The van der Waals surface area contributed by atoms with Crippen LogP contribution in [0.2, 0.25) is 0 Å². The molecule has 0 atom stereocenters. The van der Waals surface area contributed by atoms with Crippen LogP contribution >= 0.6 is 11.3 Å². The first-order chi connectivity index (χ1) is 11.7. The van der Waals surface area contributed by atoms with Crippen LogP contribution in [0.3, 0.4) is 0 Å². The highest BCUT2D eigenvalue weighted by Crippen LogP contribution is 2.15. The summed E-state index contributed by atoms with van der Waals surface area (Å²) in [6.07, 6.45) is 2.44. The molecule has 0 unspecified atom stereocenters. The number of aryl methyl sites for hydroxylation is 1. The second kappa shape index (κ2) is 10.7. The van der Waals surface area contributed by atoms with E-state index in [0.29, 0.717) is 0 Å². The molecule has 2 heterocycles. The van der Waals surface area contributed by atoms with Crippen molar-refractivity contribution in [1.29, 1.82) is 0 Å². The molecule has 0 amide bonds. The van der Waals surface area contributed by atoms with Gasteiger partial charge in [0.15, 0.2) is 5.96 Å². The highest BCUT2D eigenvalue weighted by Gasteiger charge is 2.12. The van der Waals surface area contributed by atoms with Crippen molar-refractivity contribution in [3.05, 3.63) is 21.9 Å². The molecule has 0 saturated carbocycles. The minimum atomic E-state index is 0.759. The first kappa shape index (κ1) is 19.2. The van der Waals surface area contributed by atoms with Gasteiger partial charge in [-0.15, -0.1) is 11.3 Å². The van der Waals surface area contributed by atoms with Crippen LogP contribution in [0.25, 0.3) is 0 Å². The molecule has 2 rings (SSSR count). The maximum absolute atomic E-state index is 4.68. The largest absolute Gasteiger partial charge is 0.357 e. The molecule has 1 aliphatic rings. The van der Waals surface area contributed by atoms with E-state index in [1.807, 2.05) is 11.3 Å². The van der Waals surface area contributed by atoms with Crippen molar-refractivity contribution >= 4 is 17.3 Å². The van der Waals surface area contributed by atoms with Crippen molar-refractivity contribution in [2.75, 3.05) is 52.9 Å². The number of likely N-dealkylation sites (N-methyl/N-ethyl adjacent to an activating group) is 1. The van der Waals surface area contributed by atoms with Gasteiger partial charge in [-0.25, -0.2) is 4.99 Å². The van der Waals surface area contributed by atoms with Gasteiger partial charge in [-0.05, 0) is 52.4 Å². The second-order valence-corrected chi connectivity index (χ2v) is 7.86. The SMILES string of the molecule is CCNC(=NCc1ccc(C)s1)NCCCCN1CCN(C)CC1. The van der Waals surface area contributed by atoms with Gasteiger partial charge in [0.05, 0.1) is 6.54 Å². The van der Waals surface area contributed by atoms with Crippen LogP contribution in [0.15, 0.2) is 17.1 Å². The molecule has 0 radical (unpaired) electrons. The molecule has 1 saturated heterocycles. The number of aliphatic imine (C=N–C) groups is 1. The number of guanidine groups is 1. The Morgan fingerprint density at radius 2 is 1.96 bits per heavy atom. The van der Waals surface area contributed by atoms with E-state index >= 15 is 0 Å². The van der Waals surface area contributed by atoms with Crippen molar-refractivity contribution < 1.29 is 0 Å². The number of rotatable bonds is 8. The normalized spacial score (nSPS) is 17.2. The smallest absolute Gasteiger partial charge is 0.191 e. The number of nitrogens with one attached hydrogen (secondary N) is 2. The Kier molecular flexibility index (Phi) is 8.56. The Morgan fingerprint density at radius 1 is 1.17 bits per heavy atom. The summed E-state index contributed by atoms with van der Waals surface area (Å²) in [5.74, 6) is 0.933. The van der Waals surface area contributed by atoms with Gasteiger partial charge in [-0.2, -0.15) is 0 Å². The summed E-state index contributed by atoms with van der Waals surface area (Å²) in [4.78, 5) is 12.3. The summed E-state index contributed by atoms with van der Waals surface area (Å²) in [6, 6.07) is 4.33. The van der Waals surface area contributed by atoms with Crippen LogP contribution in [0, 0.1) is 6.92 Å². The van der Waals surface area contributed by atoms with E-state index in [1.165, 1.54) is 55.3 Å². The zero-order chi connectivity index (χ0) is 17.2. The second-order valence-electron chi connectivity index (χ2n) is 6.49. The lowest BCUT2D eigenvalue weighted by atomic mass is 10.2. The Balaban J connectivity index is 1.62. The van der Waals surface area contributed by atoms with Gasteiger partial charge < -0.3 is 20.4 Å². The third kappa shape index (κ3) is 7.20. The zero-order valence-electron chi connectivity index (χ0n) is 15.5. The topological polar surface area (TPSA) is 42.9 Å². The average Bonchev–Trinajstić information content (AvgIpc) is 2.99. The molecule has 1 aliphatic heterocycles. The van der Waals surface area contributed by atoms with Gasteiger partial charge in [0.1, 0.15) is 0 Å². The molecule has 136 valence electrons. The molecule has 0 aliphatic carbocycles. The number of piperazine rings is 1. The third-order valence-electron chi connectivity index (χ3n) is 4.32. The molecule has 1 fully saturated rings. The fourth-order valence-electron chi connectivity index (χ4n) is 2.81. The van der Waals surface area contributed by atoms with E-state index in [2.05, 4.69) is 58.5 Å². The van der Waals surface area contributed by atoms with Crippen molar-refractivity contribution in [2.24, 2.45) is 4.99 Å². The Morgan fingerprint density at radius 3 is 2.62 bits per heavy atom. The zero-order valence-corrected chi connectivity index (χ0v) is 16.3.